The maximum absolute atomic E-state index is 12.7. The van der Waals surface area contributed by atoms with Crippen LogP contribution in [0.3, 0.4) is 0 Å². The fourth-order valence-electron chi connectivity index (χ4n) is 3.09. The van der Waals surface area contributed by atoms with Gasteiger partial charge in [0.1, 0.15) is 11.8 Å². The van der Waals surface area contributed by atoms with Crippen LogP contribution in [0.25, 0.3) is 11.4 Å². The van der Waals surface area contributed by atoms with E-state index in [9.17, 15) is 4.79 Å². The molecule has 1 aromatic carbocycles. The average molecular weight is 353 g/mol. The number of likely N-dealkylation sites (tertiary alicyclic amines) is 1. The fraction of sp³-hybridized carbons (Fsp3) is 0.333. The van der Waals surface area contributed by atoms with Crippen molar-refractivity contribution in [1.29, 1.82) is 0 Å². The highest BCUT2D eigenvalue weighted by Crippen LogP contribution is 2.31. The van der Waals surface area contributed by atoms with Gasteiger partial charge in [0.05, 0.1) is 11.8 Å². The van der Waals surface area contributed by atoms with E-state index in [1.54, 1.807) is 17.3 Å². The molecule has 2 aromatic heterocycles. The third-order valence-electron chi connectivity index (χ3n) is 4.41. The number of amides is 1. The Balaban J connectivity index is 1.47. The van der Waals surface area contributed by atoms with Crippen LogP contribution in [0.2, 0.25) is 0 Å². The van der Waals surface area contributed by atoms with Crippen molar-refractivity contribution in [1.82, 2.24) is 25.2 Å². The second-order valence-electron chi connectivity index (χ2n) is 6.14. The summed E-state index contributed by atoms with van der Waals surface area (Å²) in [7, 11) is 0. The van der Waals surface area contributed by atoms with Crippen LogP contribution < -0.4 is 4.74 Å². The van der Waals surface area contributed by atoms with Crippen LogP contribution in [0.15, 0.2) is 47.2 Å². The Morgan fingerprint density at radius 1 is 1.31 bits per heavy atom. The van der Waals surface area contributed by atoms with Crippen LogP contribution in [0.4, 0.5) is 0 Å². The number of para-hydroxylation sites is 1. The van der Waals surface area contributed by atoms with Crippen molar-refractivity contribution in [2.75, 3.05) is 13.2 Å². The Morgan fingerprint density at radius 3 is 3.00 bits per heavy atom. The summed E-state index contributed by atoms with van der Waals surface area (Å²) in [6.45, 7) is 0.647. The molecule has 1 saturated heterocycles. The van der Waals surface area contributed by atoms with E-state index in [2.05, 4.69) is 20.3 Å². The first-order chi connectivity index (χ1) is 12.8. The predicted octanol–water partition coefficient (Wildman–Crippen LogP) is 2.59. The SMILES string of the molecule is O=C(COc1ccccc1)N1CCCCC1c1nc(-c2cn[nH]c2)no1. The standard InChI is InChI=1S/C18H19N5O3/c24-16(12-25-14-6-2-1-3-7-14)23-9-5-4-8-15(23)18-21-17(22-26-18)13-10-19-20-11-13/h1-3,6-7,10-11,15H,4-5,8-9,12H2,(H,19,20). The summed E-state index contributed by atoms with van der Waals surface area (Å²) in [6, 6.07) is 9.09. The summed E-state index contributed by atoms with van der Waals surface area (Å²) in [6.07, 6.45) is 6.09. The number of hydrogen-bond acceptors (Lipinski definition) is 6. The highest BCUT2D eigenvalue weighted by atomic mass is 16.5. The van der Waals surface area contributed by atoms with Crippen molar-refractivity contribution in [3.8, 4) is 17.1 Å². The number of ether oxygens (including phenoxy) is 1. The van der Waals surface area contributed by atoms with Gasteiger partial charge in [-0.05, 0) is 31.4 Å². The number of aromatic amines is 1. The normalized spacial score (nSPS) is 17.2. The average Bonchev–Trinajstić information content (AvgIpc) is 3.38. The molecule has 1 aliphatic heterocycles. The second-order valence-corrected chi connectivity index (χ2v) is 6.14. The molecule has 1 N–H and O–H groups in total. The molecule has 8 heteroatoms. The van der Waals surface area contributed by atoms with Crippen molar-refractivity contribution < 1.29 is 14.1 Å². The lowest BCUT2D eigenvalue weighted by atomic mass is 10.0. The van der Waals surface area contributed by atoms with Crippen molar-refractivity contribution in [3.63, 3.8) is 0 Å². The van der Waals surface area contributed by atoms with Crippen LogP contribution in [0.5, 0.6) is 5.75 Å². The number of piperidine rings is 1. The molecule has 26 heavy (non-hydrogen) atoms. The number of aromatic nitrogens is 4. The maximum Gasteiger partial charge on any atom is 0.261 e. The van der Waals surface area contributed by atoms with Gasteiger partial charge in [0.25, 0.3) is 5.91 Å². The second kappa shape index (κ2) is 7.38. The molecule has 1 aliphatic rings. The number of carbonyl (C=O) groups is 1. The van der Waals surface area contributed by atoms with Crippen molar-refractivity contribution in [2.45, 2.75) is 25.3 Å². The lowest BCUT2D eigenvalue weighted by Crippen LogP contribution is -2.41. The molecule has 0 bridgehead atoms. The third-order valence-corrected chi connectivity index (χ3v) is 4.41. The van der Waals surface area contributed by atoms with Gasteiger partial charge in [-0.1, -0.05) is 23.4 Å². The molecule has 134 valence electrons. The van der Waals surface area contributed by atoms with Crippen LogP contribution in [-0.4, -0.2) is 44.3 Å². The summed E-state index contributed by atoms with van der Waals surface area (Å²) in [5, 5.41) is 10.6. The summed E-state index contributed by atoms with van der Waals surface area (Å²) in [4.78, 5) is 18.9. The molecule has 1 fully saturated rings. The number of benzene rings is 1. The summed E-state index contributed by atoms with van der Waals surface area (Å²) in [5.74, 6) is 1.51. The Labute approximate surface area is 150 Å². The first-order valence-corrected chi connectivity index (χ1v) is 8.61. The molecule has 1 amide bonds. The number of carbonyl (C=O) groups excluding carboxylic acids is 1. The van der Waals surface area contributed by atoms with Crippen LogP contribution in [0, 0.1) is 0 Å². The number of nitrogens with zero attached hydrogens (tertiary/aromatic N) is 4. The molecule has 3 heterocycles. The minimum atomic E-state index is -0.219. The molecule has 3 aromatic rings. The largest absolute Gasteiger partial charge is 0.484 e. The molecular weight excluding hydrogens is 334 g/mol. The highest BCUT2D eigenvalue weighted by Gasteiger charge is 2.32. The van der Waals surface area contributed by atoms with Gasteiger partial charge in [-0.2, -0.15) is 10.1 Å². The molecule has 4 rings (SSSR count). The molecule has 0 saturated carbocycles. The van der Waals surface area contributed by atoms with Crippen molar-refractivity contribution in [2.24, 2.45) is 0 Å². The van der Waals surface area contributed by atoms with E-state index < -0.39 is 0 Å². The van der Waals surface area contributed by atoms with Gasteiger partial charge in [-0.15, -0.1) is 0 Å². The molecule has 0 spiro atoms. The number of H-pyrrole nitrogens is 1. The van der Waals surface area contributed by atoms with E-state index in [4.69, 9.17) is 9.26 Å². The van der Waals surface area contributed by atoms with E-state index >= 15 is 0 Å². The monoisotopic (exact) mass is 353 g/mol. The molecule has 0 radical (unpaired) electrons. The van der Waals surface area contributed by atoms with Gasteiger partial charge >= 0.3 is 0 Å². The fourth-order valence-corrected chi connectivity index (χ4v) is 3.09. The third kappa shape index (κ3) is 3.44. The Hall–Kier alpha value is -3.16. The van der Waals surface area contributed by atoms with E-state index in [1.165, 1.54) is 0 Å². The van der Waals surface area contributed by atoms with Gasteiger partial charge in [0.15, 0.2) is 6.61 Å². The zero-order valence-electron chi connectivity index (χ0n) is 14.2. The summed E-state index contributed by atoms with van der Waals surface area (Å²) in [5.41, 5.74) is 0.751. The molecule has 1 unspecified atom stereocenters. The van der Waals surface area contributed by atoms with E-state index in [-0.39, 0.29) is 18.6 Å². The lowest BCUT2D eigenvalue weighted by Gasteiger charge is -2.33. The molecule has 0 aliphatic carbocycles. The van der Waals surface area contributed by atoms with Crippen LogP contribution in [0.1, 0.15) is 31.2 Å². The topological polar surface area (TPSA) is 97.1 Å². The summed E-state index contributed by atoms with van der Waals surface area (Å²) < 4.78 is 11.0. The first kappa shape index (κ1) is 16.3. The van der Waals surface area contributed by atoms with Crippen molar-refractivity contribution >= 4 is 5.91 Å². The number of nitrogens with one attached hydrogen (secondary N) is 1. The maximum atomic E-state index is 12.7. The van der Waals surface area contributed by atoms with Gasteiger partial charge in [-0.25, -0.2) is 0 Å². The van der Waals surface area contributed by atoms with E-state index in [0.29, 0.717) is 24.0 Å². The van der Waals surface area contributed by atoms with Gasteiger partial charge in [0.2, 0.25) is 11.7 Å². The van der Waals surface area contributed by atoms with E-state index in [1.807, 2.05) is 30.3 Å². The molecule has 1 atom stereocenters. The Bertz CT molecular complexity index is 847. The summed E-state index contributed by atoms with van der Waals surface area (Å²) >= 11 is 0. The van der Waals surface area contributed by atoms with Crippen LogP contribution in [-0.2, 0) is 4.79 Å². The highest BCUT2D eigenvalue weighted by molar-refractivity contribution is 5.78. The smallest absolute Gasteiger partial charge is 0.261 e. The zero-order chi connectivity index (χ0) is 17.8. The first-order valence-electron chi connectivity index (χ1n) is 8.61. The quantitative estimate of drug-likeness (QED) is 0.757. The molecule has 8 nitrogen and oxygen atoms in total. The lowest BCUT2D eigenvalue weighted by molar-refractivity contribution is -0.138. The minimum absolute atomic E-state index is 0.0107. The van der Waals surface area contributed by atoms with Gasteiger partial charge in [-0.3, -0.25) is 9.89 Å². The minimum Gasteiger partial charge on any atom is -0.484 e. The predicted molar refractivity (Wildman–Crippen MR) is 92.1 cm³/mol. The Kier molecular flexibility index (Phi) is 4.63. The van der Waals surface area contributed by atoms with Gasteiger partial charge in [0, 0.05) is 12.7 Å². The van der Waals surface area contributed by atoms with Crippen LogP contribution >= 0.6 is 0 Å². The van der Waals surface area contributed by atoms with Gasteiger partial charge < -0.3 is 14.2 Å². The number of rotatable bonds is 5. The Morgan fingerprint density at radius 2 is 2.19 bits per heavy atom. The molecular formula is C18H19N5O3. The zero-order valence-corrected chi connectivity index (χ0v) is 14.2. The van der Waals surface area contributed by atoms with Crippen molar-refractivity contribution in [3.05, 3.63) is 48.6 Å². The van der Waals surface area contributed by atoms with E-state index in [0.717, 1.165) is 24.8 Å². The number of hydrogen-bond donors (Lipinski definition) is 1.